The van der Waals surface area contributed by atoms with Crippen molar-refractivity contribution in [2.75, 3.05) is 0 Å². The topological polar surface area (TPSA) is 37.3 Å². The number of aliphatic hydroxyl groups excluding tert-OH is 1. The Morgan fingerprint density at radius 2 is 1.92 bits per heavy atom. The Labute approximate surface area is 71.2 Å². The first-order valence-electron chi connectivity index (χ1n) is 3.65. The smallest absolute Gasteiger partial charge is 0.184 e. The minimum Gasteiger partial charge on any atom is -0.505 e. The summed E-state index contributed by atoms with van der Waals surface area (Å²) in [4.78, 5) is 10.1. The average Bonchev–Trinajstić information content (AvgIpc) is 2.09. The number of aldehydes is 1. The Hall–Kier alpha value is -1.57. The van der Waals surface area contributed by atoms with Crippen LogP contribution in [0.15, 0.2) is 30.0 Å². The van der Waals surface area contributed by atoms with Gasteiger partial charge in [-0.3, -0.25) is 4.79 Å². The zero-order valence-electron chi connectivity index (χ0n) is 6.82. The zero-order chi connectivity index (χ0) is 8.97. The second kappa shape index (κ2) is 3.72. The summed E-state index contributed by atoms with van der Waals surface area (Å²) in [5.41, 5.74) is 1.97. The molecule has 1 rings (SSSR count). The lowest BCUT2D eigenvalue weighted by Gasteiger charge is -1.94. The molecule has 1 aromatic carbocycles. The van der Waals surface area contributed by atoms with E-state index in [0.29, 0.717) is 6.29 Å². The van der Waals surface area contributed by atoms with Crippen molar-refractivity contribution < 1.29 is 9.90 Å². The van der Waals surface area contributed by atoms with E-state index >= 15 is 0 Å². The van der Waals surface area contributed by atoms with Crippen LogP contribution in [0, 0.1) is 6.92 Å². The molecule has 0 amide bonds. The van der Waals surface area contributed by atoms with Crippen molar-refractivity contribution in [3.8, 4) is 0 Å². The Kier molecular flexibility index (Phi) is 2.64. The van der Waals surface area contributed by atoms with Gasteiger partial charge >= 0.3 is 0 Å². The summed E-state index contributed by atoms with van der Waals surface area (Å²) in [6, 6.07) is 7.53. The summed E-state index contributed by atoms with van der Waals surface area (Å²) in [5.74, 6) is -0.251. The summed E-state index contributed by atoms with van der Waals surface area (Å²) in [7, 11) is 0. The number of allylic oxidation sites excluding steroid dienone is 1. The van der Waals surface area contributed by atoms with Crippen molar-refractivity contribution >= 4 is 12.4 Å². The zero-order valence-corrected chi connectivity index (χ0v) is 6.82. The van der Waals surface area contributed by atoms with E-state index < -0.39 is 0 Å². The fraction of sp³-hybridized carbons (Fsp3) is 0.100. The molecule has 0 spiro atoms. The van der Waals surface area contributed by atoms with Gasteiger partial charge in [0.15, 0.2) is 12.0 Å². The molecule has 0 saturated carbocycles. The molecule has 0 aliphatic carbocycles. The monoisotopic (exact) mass is 162 g/mol. The molecule has 0 unspecified atom stereocenters. The number of hydrogen-bond acceptors (Lipinski definition) is 2. The molecule has 0 bridgehead atoms. The molecule has 0 radical (unpaired) electrons. The standard InChI is InChI=1S/C10H10O2/c1-8-2-4-9(5-3-8)6-10(12)7-11/h2-7,12H,1H3/b10-6-. The molecular weight excluding hydrogens is 152 g/mol. The Balaban J connectivity index is 2.91. The van der Waals surface area contributed by atoms with Gasteiger partial charge in [0.25, 0.3) is 0 Å². The molecule has 2 heteroatoms. The lowest BCUT2D eigenvalue weighted by Crippen LogP contribution is -1.81. The second-order valence-electron chi connectivity index (χ2n) is 2.60. The van der Waals surface area contributed by atoms with Gasteiger partial charge in [0.1, 0.15) is 0 Å². The van der Waals surface area contributed by atoms with Crippen molar-refractivity contribution in [3.63, 3.8) is 0 Å². The molecule has 0 saturated heterocycles. The first-order chi connectivity index (χ1) is 5.72. The van der Waals surface area contributed by atoms with E-state index in [9.17, 15) is 4.79 Å². The van der Waals surface area contributed by atoms with Crippen molar-refractivity contribution in [3.05, 3.63) is 41.2 Å². The third-order valence-corrected chi connectivity index (χ3v) is 1.51. The van der Waals surface area contributed by atoms with Crippen LogP contribution in [-0.4, -0.2) is 11.4 Å². The molecule has 0 fully saturated rings. The average molecular weight is 162 g/mol. The van der Waals surface area contributed by atoms with E-state index in [1.807, 2.05) is 31.2 Å². The van der Waals surface area contributed by atoms with Crippen LogP contribution in [0.3, 0.4) is 0 Å². The molecule has 62 valence electrons. The van der Waals surface area contributed by atoms with E-state index in [2.05, 4.69) is 0 Å². The third-order valence-electron chi connectivity index (χ3n) is 1.51. The van der Waals surface area contributed by atoms with E-state index in [4.69, 9.17) is 5.11 Å². The molecule has 1 N–H and O–H groups in total. The summed E-state index contributed by atoms with van der Waals surface area (Å²) in [5, 5.41) is 8.87. The summed E-state index contributed by atoms with van der Waals surface area (Å²) in [6.07, 6.45) is 1.84. The number of rotatable bonds is 2. The summed E-state index contributed by atoms with van der Waals surface area (Å²) < 4.78 is 0. The van der Waals surface area contributed by atoms with Crippen LogP contribution in [0.4, 0.5) is 0 Å². The van der Waals surface area contributed by atoms with E-state index in [1.54, 1.807) is 0 Å². The number of aliphatic hydroxyl groups is 1. The van der Waals surface area contributed by atoms with Crippen LogP contribution in [0.5, 0.6) is 0 Å². The molecule has 12 heavy (non-hydrogen) atoms. The summed E-state index contributed by atoms with van der Waals surface area (Å²) >= 11 is 0. The highest BCUT2D eigenvalue weighted by atomic mass is 16.3. The molecule has 1 aromatic rings. The highest BCUT2D eigenvalue weighted by molar-refractivity contribution is 5.78. The van der Waals surface area contributed by atoms with Gasteiger partial charge in [-0.2, -0.15) is 0 Å². The number of hydrogen-bond donors (Lipinski definition) is 1. The van der Waals surface area contributed by atoms with Gasteiger partial charge < -0.3 is 5.11 Å². The first kappa shape index (κ1) is 8.53. The SMILES string of the molecule is Cc1ccc(/C=C(\O)C=O)cc1. The quantitative estimate of drug-likeness (QED) is 0.410. The first-order valence-corrected chi connectivity index (χ1v) is 3.65. The number of carbonyl (C=O) groups is 1. The van der Waals surface area contributed by atoms with Crippen LogP contribution < -0.4 is 0 Å². The van der Waals surface area contributed by atoms with Crippen molar-refractivity contribution in [2.45, 2.75) is 6.92 Å². The van der Waals surface area contributed by atoms with Crippen LogP contribution in [0.2, 0.25) is 0 Å². The molecule has 0 aliphatic rings. The minimum atomic E-state index is -0.251. The van der Waals surface area contributed by atoms with Gasteiger partial charge in [-0.05, 0) is 18.6 Å². The summed E-state index contributed by atoms with van der Waals surface area (Å²) in [6.45, 7) is 1.98. The molecule has 2 nitrogen and oxygen atoms in total. The van der Waals surface area contributed by atoms with Crippen molar-refractivity contribution in [1.29, 1.82) is 0 Å². The number of carbonyl (C=O) groups excluding carboxylic acids is 1. The molecular formula is C10H10O2. The lowest BCUT2D eigenvalue weighted by atomic mass is 10.1. The van der Waals surface area contributed by atoms with Gasteiger partial charge in [0, 0.05) is 0 Å². The fourth-order valence-electron chi connectivity index (χ4n) is 0.867. The van der Waals surface area contributed by atoms with Gasteiger partial charge in [0.05, 0.1) is 0 Å². The van der Waals surface area contributed by atoms with Gasteiger partial charge in [0.2, 0.25) is 0 Å². The van der Waals surface area contributed by atoms with Crippen LogP contribution in [0.1, 0.15) is 11.1 Å². The molecule has 0 aliphatic heterocycles. The Morgan fingerprint density at radius 1 is 1.33 bits per heavy atom. The maximum atomic E-state index is 10.1. The van der Waals surface area contributed by atoms with Crippen LogP contribution >= 0.6 is 0 Å². The van der Waals surface area contributed by atoms with E-state index in [1.165, 1.54) is 6.08 Å². The minimum absolute atomic E-state index is 0.251. The Morgan fingerprint density at radius 3 is 2.42 bits per heavy atom. The van der Waals surface area contributed by atoms with Gasteiger partial charge in [-0.1, -0.05) is 29.8 Å². The number of benzene rings is 1. The highest BCUT2D eigenvalue weighted by Gasteiger charge is 1.90. The fourth-order valence-corrected chi connectivity index (χ4v) is 0.867. The van der Waals surface area contributed by atoms with Crippen LogP contribution in [-0.2, 0) is 4.79 Å². The van der Waals surface area contributed by atoms with Gasteiger partial charge in [-0.15, -0.1) is 0 Å². The maximum absolute atomic E-state index is 10.1. The molecule has 0 heterocycles. The van der Waals surface area contributed by atoms with Crippen LogP contribution in [0.25, 0.3) is 6.08 Å². The molecule has 0 aromatic heterocycles. The maximum Gasteiger partial charge on any atom is 0.184 e. The normalized spacial score (nSPS) is 11.2. The Bertz CT molecular complexity index is 296. The second-order valence-corrected chi connectivity index (χ2v) is 2.60. The van der Waals surface area contributed by atoms with E-state index in [0.717, 1.165) is 11.1 Å². The number of aryl methyl sites for hydroxylation is 1. The highest BCUT2D eigenvalue weighted by Crippen LogP contribution is 2.05. The predicted molar refractivity (Wildman–Crippen MR) is 47.8 cm³/mol. The van der Waals surface area contributed by atoms with E-state index in [-0.39, 0.29) is 5.76 Å². The predicted octanol–water partition coefficient (Wildman–Crippen LogP) is 2.09. The molecule has 0 atom stereocenters. The van der Waals surface area contributed by atoms with Gasteiger partial charge in [-0.25, -0.2) is 0 Å². The van der Waals surface area contributed by atoms with Crippen molar-refractivity contribution in [1.82, 2.24) is 0 Å². The van der Waals surface area contributed by atoms with Crippen molar-refractivity contribution in [2.24, 2.45) is 0 Å². The largest absolute Gasteiger partial charge is 0.505 e. The third kappa shape index (κ3) is 2.23. The lowest BCUT2D eigenvalue weighted by molar-refractivity contribution is -0.106.